The largest absolute Gasteiger partial charge is 0.348 e. The number of hydrogen-bond donors (Lipinski definition) is 1. The van der Waals surface area contributed by atoms with E-state index in [-0.39, 0.29) is 5.91 Å². The fourth-order valence-electron chi connectivity index (χ4n) is 2.59. The molecule has 0 bridgehead atoms. The van der Waals surface area contributed by atoms with E-state index in [2.05, 4.69) is 17.2 Å². The lowest BCUT2D eigenvalue weighted by molar-refractivity contribution is 0.0922. The van der Waals surface area contributed by atoms with E-state index in [0.29, 0.717) is 11.7 Å². The second-order valence-corrected chi connectivity index (χ2v) is 5.46. The minimum atomic E-state index is -0.0195. The van der Waals surface area contributed by atoms with Crippen molar-refractivity contribution in [2.24, 2.45) is 0 Å². The average molecular weight is 260 g/mol. The van der Waals surface area contributed by atoms with E-state index in [0.717, 1.165) is 19.3 Å². The Labute approximate surface area is 115 Å². The van der Waals surface area contributed by atoms with Gasteiger partial charge < -0.3 is 5.32 Å². The summed E-state index contributed by atoms with van der Waals surface area (Å²) in [6.45, 7) is 2.18. The molecule has 0 aliphatic heterocycles. The summed E-state index contributed by atoms with van der Waals surface area (Å²) in [5.74, 6) is -0.0195. The van der Waals surface area contributed by atoms with E-state index < -0.39 is 0 Å². The first-order valence-corrected chi connectivity index (χ1v) is 7.55. The Kier molecular flexibility index (Phi) is 5.37. The van der Waals surface area contributed by atoms with Crippen LogP contribution >= 0.6 is 0 Å². The summed E-state index contributed by atoms with van der Waals surface area (Å²) in [6, 6.07) is 4.23. The average Bonchev–Trinajstić information content (AvgIpc) is 2.46. The number of aromatic nitrogens is 1. The van der Waals surface area contributed by atoms with Gasteiger partial charge >= 0.3 is 0 Å². The molecular formula is C16H24N2O. The van der Waals surface area contributed by atoms with Crippen molar-refractivity contribution in [2.75, 3.05) is 0 Å². The van der Waals surface area contributed by atoms with Gasteiger partial charge in [0.2, 0.25) is 0 Å². The van der Waals surface area contributed by atoms with Gasteiger partial charge in [0, 0.05) is 12.2 Å². The number of unbranched alkanes of at least 4 members (excludes halogenated alkanes) is 1. The Hall–Kier alpha value is -1.38. The molecule has 3 nitrogen and oxygen atoms in total. The number of nitrogens with one attached hydrogen (secondary N) is 1. The van der Waals surface area contributed by atoms with E-state index in [4.69, 9.17) is 0 Å². The molecule has 0 unspecified atom stereocenters. The van der Waals surface area contributed by atoms with E-state index in [1.54, 1.807) is 0 Å². The molecule has 1 aromatic heterocycles. The molecule has 1 fully saturated rings. The maximum atomic E-state index is 12.1. The van der Waals surface area contributed by atoms with Crippen LogP contribution in [0.3, 0.4) is 0 Å². The van der Waals surface area contributed by atoms with Gasteiger partial charge in [-0.1, -0.05) is 38.7 Å². The molecule has 1 amide bonds. The molecule has 0 aromatic carbocycles. The van der Waals surface area contributed by atoms with Crippen LogP contribution in [-0.2, 0) is 6.42 Å². The predicted molar refractivity (Wildman–Crippen MR) is 77.2 cm³/mol. The fourth-order valence-corrected chi connectivity index (χ4v) is 2.59. The number of amides is 1. The number of rotatable bonds is 5. The van der Waals surface area contributed by atoms with Crippen molar-refractivity contribution in [3.8, 4) is 0 Å². The Balaban J connectivity index is 1.87. The fraction of sp³-hybridized carbons (Fsp3) is 0.625. The van der Waals surface area contributed by atoms with Crippen LogP contribution in [0.25, 0.3) is 0 Å². The van der Waals surface area contributed by atoms with Gasteiger partial charge in [0.05, 0.1) is 0 Å². The standard InChI is InChI=1S/C16H24N2O/c1-2-3-7-13-10-11-15(17-12-13)16(19)18-14-8-5-4-6-9-14/h10-12,14H,2-9H2,1H3,(H,18,19). The number of carbonyl (C=O) groups is 1. The number of nitrogens with zero attached hydrogens (tertiary/aromatic N) is 1. The molecule has 1 aliphatic rings. The van der Waals surface area contributed by atoms with Gasteiger partial charge in [-0.05, 0) is 37.3 Å². The van der Waals surface area contributed by atoms with Crippen LogP contribution in [0.4, 0.5) is 0 Å². The highest BCUT2D eigenvalue weighted by Crippen LogP contribution is 2.17. The van der Waals surface area contributed by atoms with Gasteiger partial charge in [0.25, 0.3) is 5.91 Å². The highest BCUT2D eigenvalue weighted by atomic mass is 16.1. The third-order valence-electron chi connectivity index (χ3n) is 3.82. The molecule has 3 heteroatoms. The third-order valence-corrected chi connectivity index (χ3v) is 3.82. The van der Waals surface area contributed by atoms with Gasteiger partial charge in [0.15, 0.2) is 0 Å². The van der Waals surface area contributed by atoms with E-state index >= 15 is 0 Å². The minimum Gasteiger partial charge on any atom is -0.348 e. The number of aryl methyl sites for hydroxylation is 1. The lowest BCUT2D eigenvalue weighted by Gasteiger charge is -2.22. The normalized spacial score (nSPS) is 16.3. The summed E-state index contributed by atoms with van der Waals surface area (Å²) in [5, 5.41) is 3.10. The Morgan fingerprint density at radius 2 is 2.11 bits per heavy atom. The molecule has 0 saturated heterocycles. The Bertz CT molecular complexity index is 394. The third kappa shape index (κ3) is 4.34. The van der Waals surface area contributed by atoms with Crippen LogP contribution in [-0.4, -0.2) is 16.9 Å². The van der Waals surface area contributed by atoms with Crippen molar-refractivity contribution in [3.63, 3.8) is 0 Å². The van der Waals surface area contributed by atoms with Crippen molar-refractivity contribution in [1.29, 1.82) is 0 Å². The second-order valence-electron chi connectivity index (χ2n) is 5.46. The molecule has 1 aromatic rings. The zero-order chi connectivity index (χ0) is 13.5. The van der Waals surface area contributed by atoms with Crippen molar-refractivity contribution >= 4 is 5.91 Å². The second kappa shape index (κ2) is 7.27. The maximum absolute atomic E-state index is 12.1. The van der Waals surface area contributed by atoms with Crippen LogP contribution in [0.2, 0.25) is 0 Å². The van der Waals surface area contributed by atoms with Crippen molar-refractivity contribution in [1.82, 2.24) is 10.3 Å². The molecule has 2 rings (SSSR count). The number of pyridine rings is 1. The molecule has 1 aliphatic carbocycles. The van der Waals surface area contributed by atoms with Crippen LogP contribution in [0, 0.1) is 0 Å². The van der Waals surface area contributed by atoms with Crippen molar-refractivity contribution < 1.29 is 4.79 Å². The zero-order valence-corrected chi connectivity index (χ0v) is 11.8. The lowest BCUT2D eigenvalue weighted by Crippen LogP contribution is -2.36. The molecule has 1 heterocycles. The summed E-state index contributed by atoms with van der Waals surface area (Å²) in [4.78, 5) is 16.3. The van der Waals surface area contributed by atoms with Crippen LogP contribution < -0.4 is 5.32 Å². The summed E-state index contributed by atoms with van der Waals surface area (Å²) >= 11 is 0. The van der Waals surface area contributed by atoms with E-state index in [1.807, 2.05) is 18.3 Å². The highest BCUT2D eigenvalue weighted by Gasteiger charge is 2.17. The quantitative estimate of drug-likeness (QED) is 0.880. The van der Waals surface area contributed by atoms with Crippen LogP contribution in [0.5, 0.6) is 0 Å². The smallest absolute Gasteiger partial charge is 0.270 e. The van der Waals surface area contributed by atoms with Crippen LogP contribution in [0.1, 0.15) is 67.9 Å². The molecule has 0 radical (unpaired) electrons. The molecule has 1 saturated carbocycles. The first-order valence-electron chi connectivity index (χ1n) is 7.55. The van der Waals surface area contributed by atoms with Gasteiger partial charge in [-0.15, -0.1) is 0 Å². The van der Waals surface area contributed by atoms with Gasteiger partial charge in [-0.25, -0.2) is 0 Å². The maximum Gasteiger partial charge on any atom is 0.270 e. The monoisotopic (exact) mass is 260 g/mol. The summed E-state index contributed by atoms with van der Waals surface area (Å²) in [5.41, 5.74) is 1.77. The zero-order valence-electron chi connectivity index (χ0n) is 11.8. The molecule has 1 N–H and O–H groups in total. The van der Waals surface area contributed by atoms with E-state index in [1.165, 1.54) is 37.7 Å². The molecule has 104 valence electrons. The SMILES string of the molecule is CCCCc1ccc(C(=O)NC2CCCCC2)nc1. The van der Waals surface area contributed by atoms with Gasteiger partial charge in [-0.2, -0.15) is 0 Å². The minimum absolute atomic E-state index is 0.0195. The molecule has 19 heavy (non-hydrogen) atoms. The van der Waals surface area contributed by atoms with Gasteiger partial charge in [0.1, 0.15) is 5.69 Å². The Morgan fingerprint density at radius 1 is 1.32 bits per heavy atom. The highest BCUT2D eigenvalue weighted by molar-refractivity contribution is 5.92. The molecule has 0 atom stereocenters. The number of carbonyl (C=O) groups excluding carboxylic acids is 1. The Morgan fingerprint density at radius 3 is 2.74 bits per heavy atom. The van der Waals surface area contributed by atoms with E-state index in [9.17, 15) is 4.79 Å². The summed E-state index contributed by atoms with van der Waals surface area (Å²) in [7, 11) is 0. The first kappa shape index (κ1) is 14.0. The van der Waals surface area contributed by atoms with Gasteiger partial charge in [-0.3, -0.25) is 9.78 Å². The lowest BCUT2D eigenvalue weighted by atomic mass is 9.95. The van der Waals surface area contributed by atoms with Crippen LogP contribution in [0.15, 0.2) is 18.3 Å². The molecule has 0 spiro atoms. The summed E-state index contributed by atoms with van der Waals surface area (Å²) < 4.78 is 0. The topological polar surface area (TPSA) is 42.0 Å². The summed E-state index contributed by atoms with van der Waals surface area (Å²) in [6.07, 6.45) is 11.2. The first-order chi connectivity index (χ1) is 9.29. The molecular weight excluding hydrogens is 236 g/mol. The predicted octanol–water partition coefficient (Wildman–Crippen LogP) is 3.49. The number of hydrogen-bond acceptors (Lipinski definition) is 2. The van der Waals surface area contributed by atoms with Crippen molar-refractivity contribution in [2.45, 2.75) is 64.3 Å². The van der Waals surface area contributed by atoms with Crippen molar-refractivity contribution in [3.05, 3.63) is 29.6 Å².